The average molecular weight is 338 g/mol. The van der Waals surface area contributed by atoms with Gasteiger partial charge in [-0.05, 0) is 5.56 Å². The maximum atomic E-state index is 12.3. The molecule has 0 saturated carbocycles. The van der Waals surface area contributed by atoms with Crippen LogP contribution in [-0.2, 0) is 20.9 Å². The monoisotopic (exact) mass is 338 g/mol. The van der Waals surface area contributed by atoms with Crippen molar-refractivity contribution in [3.05, 3.63) is 35.9 Å². The van der Waals surface area contributed by atoms with Crippen molar-refractivity contribution in [2.45, 2.75) is 12.6 Å². The van der Waals surface area contributed by atoms with Crippen LogP contribution in [0.5, 0.6) is 0 Å². The van der Waals surface area contributed by atoms with Crippen LogP contribution in [0.25, 0.3) is 0 Å². The van der Waals surface area contributed by atoms with Gasteiger partial charge < -0.3 is 20.1 Å². The van der Waals surface area contributed by atoms with E-state index in [1.807, 2.05) is 30.3 Å². The average Bonchev–Trinajstić information content (AvgIpc) is 2.69. The summed E-state index contributed by atoms with van der Waals surface area (Å²) in [5.74, 6) is -0.434. The number of ether oxygens (including phenoxy) is 1. The Morgan fingerprint density at radius 2 is 2.09 bits per heavy atom. The van der Waals surface area contributed by atoms with E-state index in [1.54, 1.807) is 0 Å². The number of benzene rings is 1. The van der Waals surface area contributed by atoms with Crippen LogP contribution in [0.3, 0.4) is 0 Å². The molecule has 1 aliphatic heterocycles. The number of hydrogen-bond acceptors (Lipinski definition) is 5. The van der Waals surface area contributed by atoms with Gasteiger partial charge in [0.1, 0.15) is 19.2 Å². The SMILES string of the molecule is O=C(O)CN1CCSC[C@H](NC(=O)OCc2ccccc2)C1=O. The van der Waals surface area contributed by atoms with E-state index in [2.05, 4.69) is 5.32 Å². The second-order valence-electron chi connectivity index (χ2n) is 4.99. The number of carbonyl (C=O) groups excluding carboxylic acids is 2. The number of hydrogen-bond donors (Lipinski definition) is 2. The smallest absolute Gasteiger partial charge is 0.408 e. The fourth-order valence-electron chi connectivity index (χ4n) is 2.11. The molecule has 2 rings (SSSR count). The van der Waals surface area contributed by atoms with Crippen LogP contribution in [0.2, 0.25) is 0 Å². The molecule has 7 nitrogen and oxygen atoms in total. The topological polar surface area (TPSA) is 95.9 Å². The van der Waals surface area contributed by atoms with Gasteiger partial charge in [-0.15, -0.1) is 0 Å². The Bertz CT molecular complexity index is 566. The van der Waals surface area contributed by atoms with E-state index < -0.39 is 24.0 Å². The van der Waals surface area contributed by atoms with Crippen molar-refractivity contribution >= 4 is 29.7 Å². The summed E-state index contributed by atoms with van der Waals surface area (Å²) in [5.41, 5.74) is 0.844. The minimum atomic E-state index is -1.07. The molecule has 1 aromatic carbocycles. The second-order valence-corrected chi connectivity index (χ2v) is 6.14. The van der Waals surface area contributed by atoms with Gasteiger partial charge in [-0.3, -0.25) is 9.59 Å². The molecule has 1 atom stereocenters. The van der Waals surface area contributed by atoms with Gasteiger partial charge in [-0.25, -0.2) is 4.79 Å². The molecule has 124 valence electrons. The Morgan fingerprint density at radius 1 is 1.35 bits per heavy atom. The van der Waals surface area contributed by atoms with Gasteiger partial charge in [-0.2, -0.15) is 11.8 Å². The van der Waals surface area contributed by atoms with Gasteiger partial charge >= 0.3 is 12.1 Å². The molecule has 8 heteroatoms. The Labute approximate surface area is 138 Å². The number of alkyl carbamates (subject to hydrolysis) is 1. The maximum Gasteiger partial charge on any atom is 0.408 e. The first-order chi connectivity index (χ1) is 11.1. The summed E-state index contributed by atoms with van der Waals surface area (Å²) in [4.78, 5) is 36.2. The molecule has 0 bridgehead atoms. The summed E-state index contributed by atoms with van der Waals surface area (Å²) in [6.45, 7) is 0.100. The predicted molar refractivity (Wildman–Crippen MR) is 85.1 cm³/mol. The molecule has 0 radical (unpaired) electrons. The van der Waals surface area contributed by atoms with Crippen molar-refractivity contribution in [2.24, 2.45) is 0 Å². The van der Waals surface area contributed by atoms with E-state index in [4.69, 9.17) is 9.84 Å². The summed E-state index contributed by atoms with van der Waals surface area (Å²) < 4.78 is 5.09. The minimum absolute atomic E-state index is 0.111. The van der Waals surface area contributed by atoms with E-state index in [0.717, 1.165) is 5.56 Å². The quantitative estimate of drug-likeness (QED) is 0.829. The molecule has 0 aromatic heterocycles. The van der Waals surface area contributed by atoms with Gasteiger partial charge in [0.25, 0.3) is 0 Å². The number of nitrogens with zero attached hydrogens (tertiary/aromatic N) is 1. The summed E-state index contributed by atoms with van der Waals surface area (Å²) in [7, 11) is 0. The highest BCUT2D eigenvalue weighted by Gasteiger charge is 2.30. The van der Waals surface area contributed by atoms with Crippen LogP contribution >= 0.6 is 11.8 Å². The molecule has 1 aromatic rings. The Balaban J connectivity index is 1.87. The third kappa shape index (κ3) is 5.48. The lowest BCUT2D eigenvalue weighted by molar-refractivity contribution is -0.144. The van der Waals surface area contributed by atoms with E-state index in [-0.39, 0.29) is 13.2 Å². The molecule has 2 amide bonds. The van der Waals surface area contributed by atoms with Crippen LogP contribution in [0.1, 0.15) is 5.56 Å². The lowest BCUT2D eigenvalue weighted by Gasteiger charge is -2.22. The van der Waals surface area contributed by atoms with E-state index in [0.29, 0.717) is 18.1 Å². The zero-order valence-corrected chi connectivity index (χ0v) is 13.3. The lowest BCUT2D eigenvalue weighted by atomic mass is 10.2. The summed E-state index contributed by atoms with van der Waals surface area (Å²) in [6, 6.07) is 8.42. The highest BCUT2D eigenvalue weighted by molar-refractivity contribution is 7.99. The fraction of sp³-hybridized carbons (Fsp3) is 0.400. The highest BCUT2D eigenvalue weighted by Crippen LogP contribution is 2.12. The van der Waals surface area contributed by atoms with E-state index in [1.165, 1.54) is 16.7 Å². The Morgan fingerprint density at radius 3 is 2.78 bits per heavy atom. The number of carboxylic acid groups (broad SMARTS) is 1. The van der Waals surface area contributed by atoms with Crippen molar-refractivity contribution in [2.75, 3.05) is 24.6 Å². The van der Waals surface area contributed by atoms with Crippen LogP contribution in [0.15, 0.2) is 30.3 Å². The van der Waals surface area contributed by atoms with Gasteiger partial charge in [0.05, 0.1) is 0 Å². The highest BCUT2D eigenvalue weighted by atomic mass is 32.2. The first kappa shape index (κ1) is 17.1. The Hall–Kier alpha value is -2.22. The number of carbonyl (C=O) groups is 3. The predicted octanol–water partition coefficient (Wildman–Crippen LogP) is 0.941. The first-order valence-corrected chi connectivity index (χ1v) is 8.27. The van der Waals surface area contributed by atoms with Gasteiger partial charge in [0, 0.05) is 18.1 Å². The fourth-order valence-corrected chi connectivity index (χ4v) is 3.09. The van der Waals surface area contributed by atoms with Crippen molar-refractivity contribution < 1.29 is 24.2 Å². The third-order valence-corrected chi connectivity index (χ3v) is 4.27. The third-order valence-electron chi connectivity index (χ3n) is 3.23. The first-order valence-electron chi connectivity index (χ1n) is 7.12. The zero-order valence-electron chi connectivity index (χ0n) is 12.4. The largest absolute Gasteiger partial charge is 0.480 e. The van der Waals surface area contributed by atoms with E-state index >= 15 is 0 Å². The Kier molecular flexibility index (Phi) is 6.28. The number of nitrogens with one attached hydrogen (secondary N) is 1. The van der Waals surface area contributed by atoms with Gasteiger partial charge in [-0.1, -0.05) is 30.3 Å². The summed E-state index contributed by atoms with van der Waals surface area (Å²) in [6.07, 6.45) is -0.690. The molecular formula is C15H18N2O5S. The van der Waals surface area contributed by atoms with Crippen LogP contribution < -0.4 is 5.32 Å². The number of carboxylic acids is 1. The van der Waals surface area contributed by atoms with Crippen LogP contribution in [0.4, 0.5) is 4.79 Å². The van der Waals surface area contributed by atoms with Crippen LogP contribution in [-0.4, -0.2) is 58.6 Å². The van der Waals surface area contributed by atoms with Gasteiger partial charge in [0.2, 0.25) is 5.91 Å². The number of thioether (sulfide) groups is 1. The zero-order chi connectivity index (χ0) is 16.7. The van der Waals surface area contributed by atoms with Crippen molar-refractivity contribution in [1.29, 1.82) is 0 Å². The molecule has 1 saturated heterocycles. The molecular weight excluding hydrogens is 320 g/mol. The summed E-state index contributed by atoms with van der Waals surface area (Å²) >= 11 is 1.49. The van der Waals surface area contributed by atoms with Crippen molar-refractivity contribution in [3.8, 4) is 0 Å². The van der Waals surface area contributed by atoms with Crippen molar-refractivity contribution in [1.82, 2.24) is 10.2 Å². The van der Waals surface area contributed by atoms with Gasteiger partial charge in [0.15, 0.2) is 0 Å². The van der Waals surface area contributed by atoms with Crippen molar-refractivity contribution in [3.63, 3.8) is 0 Å². The molecule has 2 N–H and O–H groups in total. The number of amides is 2. The normalized spacial score (nSPS) is 18.2. The molecule has 0 aliphatic carbocycles. The molecule has 0 unspecified atom stereocenters. The summed E-state index contributed by atoms with van der Waals surface area (Å²) in [5, 5.41) is 11.4. The molecule has 0 spiro atoms. The standard InChI is InChI=1S/C15H18N2O5S/c18-13(19)8-17-6-7-23-10-12(14(17)20)16-15(21)22-9-11-4-2-1-3-5-11/h1-5,12H,6-10H2,(H,16,21)(H,18,19)/t12-/m0/s1. The van der Waals surface area contributed by atoms with Crippen LogP contribution in [0, 0.1) is 0 Å². The molecule has 1 fully saturated rings. The molecule has 23 heavy (non-hydrogen) atoms. The number of aliphatic carboxylic acids is 1. The number of rotatable bonds is 5. The maximum absolute atomic E-state index is 12.3. The second kappa shape index (κ2) is 8.42. The molecule has 1 heterocycles. The molecule has 1 aliphatic rings. The minimum Gasteiger partial charge on any atom is -0.480 e. The van der Waals surface area contributed by atoms with E-state index in [9.17, 15) is 14.4 Å². The lowest BCUT2D eigenvalue weighted by Crippen LogP contribution is -2.50.